The minimum absolute atomic E-state index is 0.00817. The maximum Gasteiger partial charge on any atom is 0.410 e. The number of fused-ring (bicyclic) bond motifs is 1. The molecule has 8 nitrogen and oxygen atoms in total. The van der Waals surface area contributed by atoms with E-state index in [4.69, 9.17) is 9.26 Å². The smallest absolute Gasteiger partial charge is 0.410 e. The second-order valence-corrected chi connectivity index (χ2v) is 9.82. The van der Waals surface area contributed by atoms with Gasteiger partial charge in [0.1, 0.15) is 16.9 Å². The van der Waals surface area contributed by atoms with E-state index in [1.165, 1.54) is 10.7 Å². The molecule has 9 heteroatoms. The van der Waals surface area contributed by atoms with Gasteiger partial charge in [-0.2, -0.15) is 14.8 Å². The molecule has 0 saturated carbocycles. The monoisotopic (exact) mass is 443 g/mol. The van der Waals surface area contributed by atoms with Gasteiger partial charge in [0.05, 0.1) is 5.69 Å². The predicted molar refractivity (Wildman–Crippen MR) is 117 cm³/mol. The van der Waals surface area contributed by atoms with Gasteiger partial charge in [0, 0.05) is 24.4 Å². The number of rotatable bonds is 3. The molecule has 2 unspecified atom stereocenters. The predicted octanol–water partition coefficient (Wildman–Crippen LogP) is 5.03. The van der Waals surface area contributed by atoms with Gasteiger partial charge in [-0.15, -0.1) is 0 Å². The van der Waals surface area contributed by atoms with Gasteiger partial charge in [0.2, 0.25) is 5.89 Å². The molecular weight excluding hydrogens is 413 g/mol. The number of carbonyl (C=O) groups is 1. The third kappa shape index (κ3) is 4.20. The number of carbonyl (C=O) groups excluding carboxylic acids is 1. The Kier molecular flexibility index (Phi) is 5.68. The molecule has 1 aliphatic heterocycles. The maximum atomic E-state index is 14.7. The van der Waals surface area contributed by atoms with Gasteiger partial charge < -0.3 is 14.2 Å². The van der Waals surface area contributed by atoms with Gasteiger partial charge in [-0.05, 0) is 50.3 Å². The van der Waals surface area contributed by atoms with E-state index in [9.17, 15) is 9.18 Å². The van der Waals surface area contributed by atoms with Crippen LogP contribution < -0.4 is 0 Å². The van der Waals surface area contributed by atoms with Crippen molar-refractivity contribution in [3.05, 3.63) is 35.6 Å². The molecule has 0 aliphatic carbocycles. The molecule has 1 amide bonds. The van der Waals surface area contributed by atoms with Crippen LogP contribution in [0.3, 0.4) is 0 Å². The van der Waals surface area contributed by atoms with Crippen LogP contribution in [0.15, 0.2) is 22.7 Å². The first-order valence-corrected chi connectivity index (χ1v) is 11.0. The number of halogens is 1. The Morgan fingerprint density at radius 3 is 2.72 bits per heavy atom. The summed E-state index contributed by atoms with van der Waals surface area (Å²) in [5.41, 5.74) is 0.594. The quantitative estimate of drug-likeness (QED) is 0.564. The van der Waals surface area contributed by atoms with Gasteiger partial charge in [-0.3, -0.25) is 0 Å². The Morgan fingerprint density at radius 2 is 2.06 bits per heavy atom. The van der Waals surface area contributed by atoms with E-state index in [0.717, 1.165) is 11.1 Å². The van der Waals surface area contributed by atoms with Gasteiger partial charge in [0.25, 0.3) is 5.95 Å². The van der Waals surface area contributed by atoms with Crippen LogP contribution >= 0.6 is 0 Å². The molecule has 0 radical (unpaired) electrons. The lowest BCUT2D eigenvalue weighted by Crippen LogP contribution is -2.44. The van der Waals surface area contributed by atoms with Crippen molar-refractivity contribution in [3.8, 4) is 5.95 Å². The zero-order valence-corrected chi connectivity index (χ0v) is 19.4. The van der Waals surface area contributed by atoms with Crippen molar-refractivity contribution in [2.45, 2.75) is 65.4 Å². The van der Waals surface area contributed by atoms with E-state index in [-0.39, 0.29) is 35.6 Å². The molecule has 2 aromatic heterocycles. The third-order valence-electron chi connectivity index (χ3n) is 5.72. The topological polar surface area (TPSA) is 86.3 Å². The highest BCUT2D eigenvalue weighted by Gasteiger charge is 2.35. The van der Waals surface area contributed by atoms with Crippen LogP contribution in [0.2, 0.25) is 0 Å². The number of likely N-dealkylation sites (tertiary alicyclic amines) is 1. The Morgan fingerprint density at radius 1 is 1.31 bits per heavy atom. The first kappa shape index (κ1) is 22.2. The summed E-state index contributed by atoms with van der Waals surface area (Å²) < 4.78 is 27.2. The van der Waals surface area contributed by atoms with E-state index in [1.54, 1.807) is 11.0 Å². The summed E-state index contributed by atoms with van der Waals surface area (Å²) >= 11 is 0. The van der Waals surface area contributed by atoms with Crippen molar-refractivity contribution in [1.82, 2.24) is 24.8 Å². The van der Waals surface area contributed by atoms with Crippen LogP contribution in [-0.2, 0) is 4.74 Å². The van der Waals surface area contributed by atoms with Crippen molar-refractivity contribution < 1.29 is 18.4 Å². The van der Waals surface area contributed by atoms with Gasteiger partial charge in [-0.25, -0.2) is 9.18 Å². The highest BCUT2D eigenvalue weighted by molar-refractivity contribution is 5.84. The molecule has 1 saturated heterocycles. The minimum atomic E-state index is -0.533. The van der Waals surface area contributed by atoms with Crippen LogP contribution in [-0.4, -0.2) is 49.6 Å². The van der Waals surface area contributed by atoms with Crippen molar-refractivity contribution in [2.24, 2.45) is 5.92 Å². The molecular formula is C23H30FN5O3. The highest BCUT2D eigenvalue weighted by atomic mass is 19.1. The Bertz CT molecular complexity index is 1130. The number of hydrogen-bond acceptors (Lipinski definition) is 6. The third-order valence-corrected chi connectivity index (χ3v) is 5.72. The maximum absolute atomic E-state index is 14.7. The molecule has 0 N–H and O–H groups in total. The summed E-state index contributed by atoms with van der Waals surface area (Å²) in [4.78, 5) is 18.7. The molecule has 172 valence electrons. The molecule has 0 spiro atoms. The summed E-state index contributed by atoms with van der Waals surface area (Å²) in [6, 6.07) is 4.93. The second-order valence-electron chi connectivity index (χ2n) is 9.82. The van der Waals surface area contributed by atoms with E-state index in [2.05, 4.69) is 15.2 Å². The van der Waals surface area contributed by atoms with E-state index in [0.29, 0.717) is 30.9 Å². The summed E-state index contributed by atoms with van der Waals surface area (Å²) in [6.45, 7) is 12.7. The molecule has 2 atom stereocenters. The average Bonchev–Trinajstić information content (AvgIpc) is 3.32. The summed E-state index contributed by atoms with van der Waals surface area (Å²) in [7, 11) is 0. The number of piperidine rings is 1. The first-order chi connectivity index (χ1) is 15.0. The molecule has 3 heterocycles. The lowest BCUT2D eigenvalue weighted by atomic mass is 9.87. The molecule has 32 heavy (non-hydrogen) atoms. The van der Waals surface area contributed by atoms with Crippen molar-refractivity contribution in [1.29, 1.82) is 0 Å². The SMILES string of the molecule is CC(C)c1nn(-c2noc(C3CCN(C(=O)OC(C)(C)C)CC3C)n2)c2c(F)cccc12. The number of para-hydroxylation sites is 1. The fraction of sp³-hybridized carbons (Fsp3) is 0.565. The van der Waals surface area contributed by atoms with E-state index >= 15 is 0 Å². The largest absolute Gasteiger partial charge is 0.444 e. The average molecular weight is 444 g/mol. The number of ether oxygens (including phenoxy) is 1. The normalized spacial score (nSPS) is 19.7. The second kappa shape index (κ2) is 8.18. The first-order valence-electron chi connectivity index (χ1n) is 11.0. The Labute approximate surface area is 186 Å². The summed E-state index contributed by atoms with van der Waals surface area (Å²) in [5, 5.41) is 9.44. The molecule has 0 bridgehead atoms. The van der Waals surface area contributed by atoms with Crippen molar-refractivity contribution in [2.75, 3.05) is 13.1 Å². The summed E-state index contributed by atoms with van der Waals surface area (Å²) in [5.74, 6) is 0.510. The van der Waals surface area contributed by atoms with Gasteiger partial charge >= 0.3 is 6.09 Å². The van der Waals surface area contributed by atoms with Crippen molar-refractivity contribution in [3.63, 3.8) is 0 Å². The molecule has 1 fully saturated rings. The lowest BCUT2D eigenvalue weighted by molar-refractivity contribution is 0.0143. The molecule has 3 aromatic rings. The number of benzene rings is 1. The van der Waals surface area contributed by atoms with Gasteiger partial charge in [-0.1, -0.05) is 32.9 Å². The fourth-order valence-electron chi connectivity index (χ4n) is 4.19. The lowest BCUT2D eigenvalue weighted by Gasteiger charge is -2.36. The Hall–Kier alpha value is -2.97. The number of aromatic nitrogens is 4. The minimum Gasteiger partial charge on any atom is -0.444 e. The van der Waals surface area contributed by atoms with Crippen LogP contribution in [0.4, 0.5) is 9.18 Å². The molecule has 1 aromatic carbocycles. The highest BCUT2D eigenvalue weighted by Crippen LogP contribution is 2.34. The number of nitrogens with zero attached hydrogens (tertiary/aromatic N) is 5. The molecule has 4 rings (SSSR count). The number of amides is 1. The van der Waals surface area contributed by atoms with E-state index < -0.39 is 5.60 Å². The number of hydrogen-bond donors (Lipinski definition) is 0. The van der Waals surface area contributed by atoms with Crippen LogP contribution in [0.5, 0.6) is 0 Å². The van der Waals surface area contributed by atoms with Gasteiger partial charge in [0.15, 0.2) is 0 Å². The van der Waals surface area contributed by atoms with Crippen LogP contribution in [0.25, 0.3) is 16.9 Å². The zero-order chi connectivity index (χ0) is 23.2. The summed E-state index contributed by atoms with van der Waals surface area (Å²) in [6.07, 6.45) is 0.363. The Balaban J connectivity index is 1.57. The zero-order valence-electron chi connectivity index (χ0n) is 19.4. The standard InChI is InChI=1S/C23H30FN5O3/c1-13(2)18-16-8-7-9-17(24)19(16)29(26-18)21-25-20(32-27-21)15-10-11-28(12-14(15)3)22(30)31-23(4,5)6/h7-9,13-15H,10-12H2,1-6H3. The fourth-order valence-corrected chi connectivity index (χ4v) is 4.19. The van der Waals surface area contributed by atoms with Crippen LogP contribution in [0.1, 0.15) is 71.4 Å². The van der Waals surface area contributed by atoms with Crippen molar-refractivity contribution >= 4 is 17.0 Å². The molecule has 1 aliphatic rings. The van der Waals surface area contributed by atoms with Crippen LogP contribution in [0, 0.1) is 11.7 Å². The van der Waals surface area contributed by atoms with E-state index in [1.807, 2.05) is 47.6 Å².